The zero-order chi connectivity index (χ0) is 14.3. The van der Waals surface area contributed by atoms with Crippen molar-refractivity contribution in [1.82, 2.24) is 4.98 Å². The van der Waals surface area contributed by atoms with Crippen LogP contribution in [0.2, 0.25) is 0 Å². The van der Waals surface area contributed by atoms with Gasteiger partial charge in [0, 0.05) is 10.7 Å². The van der Waals surface area contributed by atoms with Gasteiger partial charge in [0.2, 0.25) is 5.78 Å². The van der Waals surface area contributed by atoms with Crippen LogP contribution in [0.5, 0.6) is 5.75 Å². The van der Waals surface area contributed by atoms with Crippen molar-refractivity contribution in [3.63, 3.8) is 0 Å². The van der Waals surface area contributed by atoms with Crippen LogP contribution in [0, 0.1) is 6.92 Å². The largest absolute Gasteiger partial charge is 0.508 e. The molecule has 1 aliphatic heterocycles. The van der Waals surface area contributed by atoms with Gasteiger partial charge in [-0.2, -0.15) is 0 Å². The minimum absolute atomic E-state index is 0.0231. The van der Waals surface area contributed by atoms with E-state index in [1.165, 1.54) is 11.8 Å². The molecule has 0 amide bonds. The third-order valence-corrected chi connectivity index (χ3v) is 4.78. The highest BCUT2D eigenvalue weighted by Gasteiger charge is 2.26. The summed E-state index contributed by atoms with van der Waals surface area (Å²) in [6.45, 7) is 1.83. The molecule has 0 spiro atoms. The summed E-state index contributed by atoms with van der Waals surface area (Å²) in [6, 6.07) is 7.02. The number of carbonyl (C=O) groups excluding carboxylic acids is 1. The zero-order valence-corrected chi connectivity index (χ0v) is 13.0. The molecule has 1 aromatic carbocycles. The molecule has 0 aliphatic carbocycles. The third kappa shape index (κ3) is 2.27. The Labute approximate surface area is 128 Å². The Kier molecular flexibility index (Phi) is 3.40. The maximum absolute atomic E-state index is 12.3. The second-order valence-electron chi connectivity index (χ2n) is 4.46. The van der Waals surface area contributed by atoms with Gasteiger partial charge in [0.1, 0.15) is 10.8 Å². The molecule has 0 bridgehead atoms. The molecule has 3 nitrogen and oxygen atoms in total. The van der Waals surface area contributed by atoms with E-state index in [0.717, 1.165) is 20.6 Å². The molecular formula is C15H10BrNO2S. The second kappa shape index (κ2) is 5.07. The Bertz CT molecular complexity index is 756. The first kappa shape index (κ1) is 13.4. The maximum Gasteiger partial charge on any atom is 0.202 e. The molecule has 0 atom stereocenters. The number of allylic oxidation sites excluding steroid dienone is 1. The van der Waals surface area contributed by atoms with Crippen LogP contribution < -0.4 is 0 Å². The summed E-state index contributed by atoms with van der Waals surface area (Å²) in [5.41, 5.74) is 2.20. The number of rotatable bonds is 1. The Morgan fingerprint density at radius 1 is 1.40 bits per heavy atom. The van der Waals surface area contributed by atoms with Crippen molar-refractivity contribution in [2.24, 2.45) is 0 Å². The number of aromatic nitrogens is 1. The lowest BCUT2D eigenvalue weighted by molar-refractivity contribution is 0.104. The van der Waals surface area contributed by atoms with E-state index in [1.807, 2.05) is 13.0 Å². The highest BCUT2D eigenvalue weighted by molar-refractivity contribution is 9.10. The Balaban J connectivity index is 2.04. The lowest BCUT2D eigenvalue weighted by atomic mass is 10.1. The van der Waals surface area contributed by atoms with Gasteiger partial charge >= 0.3 is 0 Å². The molecule has 0 fully saturated rings. The van der Waals surface area contributed by atoms with Crippen molar-refractivity contribution in [2.75, 3.05) is 0 Å². The maximum atomic E-state index is 12.3. The van der Waals surface area contributed by atoms with E-state index in [9.17, 15) is 9.90 Å². The molecule has 0 saturated heterocycles. The SMILES string of the molecule is Cc1cc(Br)c(/C=C2\Sc3ncccc3C2=O)cc1O. The summed E-state index contributed by atoms with van der Waals surface area (Å²) in [5.74, 6) is 0.191. The van der Waals surface area contributed by atoms with Crippen LogP contribution in [0.15, 0.2) is 44.9 Å². The monoisotopic (exact) mass is 347 g/mol. The van der Waals surface area contributed by atoms with Crippen molar-refractivity contribution < 1.29 is 9.90 Å². The number of phenols is 1. The lowest BCUT2D eigenvalue weighted by Gasteiger charge is -2.04. The molecule has 2 aromatic rings. The van der Waals surface area contributed by atoms with Gasteiger partial charge in [-0.25, -0.2) is 4.98 Å². The average Bonchev–Trinajstić information content (AvgIpc) is 2.73. The molecule has 1 aliphatic rings. The number of carbonyl (C=O) groups is 1. The first-order valence-electron chi connectivity index (χ1n) is 5.94. The van der Waals surface area contributed by atoms with E-state index < -0.39 is 0 Å². The van der Waals surface area contributed by atoms with Crippen LogP contribution in [0.25, 0.3) is 6.08 Å². The molecule has 1 N–H and O–H groups in total. The summed E-state index contributed by atoms with van der Waals surface area (Å²) < 4.78 is 0.845. The predicted octanol–water partition coefficient (Wildman–Crippen LogP) is 4.19. The van der Waals surface area contributed by atoms with E-state index in [4.69, 9.17) is 0 Å². The lowest BCUT2D eigenvalue weighted by Crippen LogP contribution is -1.94. The molecular weight excluding hydrogens is 338 g/mol. The minimum atomic E-state index is -0.0231. The molecule has 2 heterocycles. The van der Waals surface area contributed by atoms with Gasteiger partial charge in [0.15, 0.2) is 0 Å². The van der Waals surface area contributed by atoms with Crippen molar-refractivity contribution in [3.05, 3.63) is 56.5 Å². The first-order valence-corrected chi connectivity index (χ1v) is 7.55. The Hall–Kier alpha value is -1.59. The van der Waals surface area contributed by atoms with Gasteiger partial charge in [-0.1, -0.05) is 27.7 Å². The number of phenolic OH excluding ortho intramolecular Hbond substituents is 1. The number of halogens is 1. The molecule has 3 rings (SSSR count). The number of hydrogen-bond acceptors (Lipinski definition) is 4. The zero-order valence-electron chi connectivity index (χ0n) is 10.6. The molecule has 0 unspecified atom stereocenters. The van der Waals surface area contributed by atoms with Crippen LogP contribution in [-0.4, -0.2) is 15.9 Å². The molecule has 100 valence electrons. The van der Waals surface area contributed by atoms with E-state index >= 15 is 0 Å². The van der Waals surface area contributed by atoms with Gasteiger partial charge in [0.05, 0.1) is 10.5 Å². The minimum Gasteiger partial charge on any atom is -0.508 e. The number of thioether (sulfide) groups is 1. The first-order chi connectivity index (χ1) is 9.56. The summed E-state index contributed by atoms with van der Waals surface area (Å²) in [5, 5.41) is 10.5. The number of pyridine rings is 1. The normalized spacial score (nSPS) is 15.7. The number of Topliss-reactive ketones (excluding diaryl/α,β-unsaturated/α-hetero) is 1. The quantitative estimate of drug-likeness (QED) is 0.786. The van der Waals surface area contributed by atoms with E-state index in [2.05, 4.69) is 20.9 Å². The molecule has 20 heavy (non-hydrogen) atoms. The van der Waals surface area contributed by atoms with Crippen molar-refractivity contribution in [1.29, 1.82) is 0 Å². The number of hydrogen-bond donors (Lipinski definition) is 1. The highest BCUT2D eigenvalue weighted by Crippen LogP contribution is 2.40. The van der Waals surface area contributed by atoms with Gasteiger partial charge < -0.3 is 5.11 Å². The summed E-state index contributed by atoms with van der Waals surface area (Å²) in [4.78, 5) is 17.1. The number of ketones is 1. The molecule has 1 aromatic heterocycles. The Morgan fingerprint density at radius 3 is 2.95 bits per heavy atom. The van der Waals surface area contributed by atoms with Crippen molar-refractivity contribution >= 4 is 39.6 Å². The van der Waals surface area contributed by atoms with Crippen molar-refractivity contribution in [3.8, 4) is 5.75 Å². The third-order valence-electron chi connectivity index (χ3n) is 3.05. The van der Waals surface area contributed by atoms with Gasteiger partial charge in [-0.05, 0) is 48.4 Å². The van der Waals surface area contributed by atoms with Gasteiger partial charge in [-0.3, -0.25) is 4.79 Å². The van der Waals surface area contributed by atoms with Crippen LogP contribution >= 0.6 is 27.7 Å². The fourth-order valence-electron chi connectivity index (χ4n) is 1.95. The van der Waals surface area contributed by atoms with Crippen LogP contribution in [0.3, 0.4) is 0 Å². The predicted molar refractivity (Wildman–Crippen MR) is 82.9 cm³/mol. The van der Waals surface area contributed by atoms with Crippen LogP contribution in [0.1, 0.15) is 21.5 Å². The molecule has 5 heteroatoms. The number of benzene rings is 1. The van der Waals surface area contributed by atoms with E-state index in [1.54, 1.807) is 30.5 Å². The standard InChI is InChI=1S/C15H10BrNO2S/c1-8-5-11(16)9(6-12(8)18)7-13-14(19)10-3-2-4-17-15(10)20-13/h2-7,18H,1H3/b13-7-. The topological polar surface area (TPSA) is 50.2 Å². The highest BCUT2D eigenvalue weighted by atomic mass is 79.9. The van der Waals surface area contributed by atoms with E-state index in [-0.39, 0.29) is 11.5 Å². The Morgan fingerprint density at radius 2 is 2.20 bits per heavy atom. The number of nitrogens with zero attached hydrogens (tertiary/aromatic N) is 1. The fourth-order valence-corrected chi connectivity index (χ4v) is 3.51. The van der Waals surface area contributed by atoms with Crippen LogP contribution in [-0.2, 0) is 0 Å². The number of aromatic hydroxyl groups is 1. The number of fused-ring (bicyclic) bond motifs is 1. The smallest absolute Gasteiger partial charge is 0.202 e. The summed E-state index contributed by atoms with van der Waals surface area (Å²) in [6.07, 6.45) is 3.45. The summed E-state index contributed by atoms with van der Waals surface area (Å²) in [7, 11) is 0. The summed E-state index contributed by atoms with van der Waals surface area (Å²) >= 11 is 4.81. The fraction of sp³-hybridized carbons (Fsp3) is 0.0667. The average molecular weight is 348 g/mol. The van der Waals surface area contributed by atoms with E-state index in [0.29, 0.717) is 10.5 Å². The van der Waals surface area contributed by atoms with Gasteiger partial charge in [0.25, 0.3) is 0 Å². The molecule has 0 saturated carbocycles. The number of aryl methyl sites for hydroxylation is 1. The van der Waals surface area contributed by atoms with Crippen LogP contribution in [0.4, 0.5) is 0 Å². The van der Waals surface area contributed by atoms with Gasteiger partial charge in [-0.15, -0.1) is 0 Å². The second-order valence-corrected chi connectivity index (χ2v) is 6.34. The molecule has 0 radical (unpaired) electrons. The van der Waals surface area contributed by atoms with Crippen molar-refractivity contribution in [2.45, 2.75) is 11.9 Å².